The van der Waals surface area contributed by atoms with E-state index in [0.29, 0.717) is 0 Å². The number of halogens is 10. The smallest absolute Gasteiger partial charge is 0.433 e. The maximum Gasteiger partial charge on any atom is 0.433 e. The normalized spacial score (nSPS) is 12.1. The van der Waals surface area contributed by atoms with Crippen LogP contribution in [0, 0.1) is 35.0 Å². The molecule has 1 aromatic carbocycles. The van der Waals surface area contributed by atoms with E-state index in [1.54, 1.807) is 0 Å². The van der Waals surface area contributed by atoms with Gasteiger partial charge in [0, 0.05) is 5.75 Å². The summed E-state index contributed by atoms with van der Waals surface area (Å²) in [7, 11) is 0.789. The molecule has 3 nitrogen and oxygen atoms in total. The molecule has 0 aliphatic heterocycles. The molecule has 0 aliphatic carbocycles. The summed E-state index contributed by atoms with van der Waals surface area (Å²) >= 11 is -0.199. The topological polar surface area (TPSA) is 39.2 Å². The molecular formula is C20H15F10NO2S. The van der Waals surface area contributed by atoms with Crippen molar-refractivity contribution >= 4 is 17.7 Å². The van der Waals surface area contributed by atoms with Gasteiger partial charge in [0.05, 0.1) is 17.6 Å². The molecule has 0 aliphatic rings. The first-order chi connectivity index (χ1) is 15.6. The third-order valence-electron chi connectivity index (χ3n) is 4.45. The molecule has 0 atom stereocenters. The molecule has 1 aromatic heterocycles. The highest BCUT2D eigenvalue weighted by Gasteiger charge is 2.41. The molecule has 0 N–H and O–H groups in total. The number of benzene rings is 1. The molecule has 188 valence electrons. The van der Waals surface area contributed by atoms with Gasteiger partial charge < -0.3 is 4.74 Å². The summed E-state index contributed by atoms with van der Waals surface area (Å²) in [4.78, 5) is 13.6. The molecule has 0 saturated carbocycles. The number of hydrogen-bond acceptors (Lipinski definition) is 4. The molecule has 2 rings (SSSR count). The van der Waals surface area contributed by atoms with Gasteiger partial charge in [-0.3, -0.25) is 0 Å². The van der Waals surface area contributed by atoms with Gasteiger partial charge in [-0.1, -0.05) is 13.8 Å². The molecule has 0 fully saturated rings. The van der Waals surface area contributed by atoms with Crippen molar-refractivity contribution in [3.05, 3.63) is 57.2 Å². The van der Waals surface area contributed by atoms with Crippen LogP contribution < -0.4 is 0 Å². The quantitative estimate of drug-likeness (QED) is 0.129. The number of carbonyl (C=O) groups is 1. The van der Waals surface area contributed by atoms with Crippen molar-refractivity contribution in [2.24, 2.45) is 5.92 Å². The Hall–Kier alpha value is -2.51. The molecule has 0 unspecified atom stereocenters. The van der Waals surface area contributed by atoms with Crippen molar-refractivity contribution in [1.29, 1.82) is 0 Å². The Balaban J connectivity index is 2.84. The van der Waals surface area contributed by atoms with Gasteiger partial charge in [-0.25, -0.2) is 40.5 Å². The monoisotopic (exact) mass is 523 g/mol. The number of methoxy groups -OCH3 is 1. The minimum atomic E-state index is -5.36. The summed E-state index contributed by atoms with van der Waals surface area (Å²) in [5, 5.41) is 0. The molecule has 0 radical (unpaired) electrons. The molecule has 0 amide bonds. The summed E-state index contributed by atoms with van der Waals surface area (Å²) in [6.07, 6.45) is -9.39. The predicted octanol–water partition coefficient (Wildman–Crippen LogP) is 7.01. The largest absolute Gasteiger partial charge is 0.465 e. The van der Waals surface area contributed by atoms with Crippen LogP contribution in [0.3, 0.4) is 0 Å². The second-order valence-corrected chi connectivity index (χ2v) is 8.24. The summed E-state index contributed by atoms with van der Waals surface area (Å²) in [6, 6.07) is 0. The van der Waals surface area contributed by atoms with Gasteiger partial charge in [-0.05, 0) is 23.5 Å². The number of ether oxygens (including phenoxy) is 1. The Bertz CT molecular complexity index is 1070. The standard InChI is InChI=1S/C20H15F10NO2S/c1-6(2)4-7-8(5-34-16-13(24)11(22)10(21)12(23)14(16)25)17(20(28,29)30)31-15(18(26)27)9(7)19(32)33-3/h6,18H,4-5H2,1-3H3. The number of alkyl halides is 5. The highest BCUT2D eigenvalue weighted by molar-refractivity contribution is 7.98. The van der Waals surface area contributed by atoms with E-state index in [1.807, 2.05) is 0 Å². The number of esters is 1. The van der Waals surface area contributed by atoms with E-state index in [2.05, 4.69) is 9.72 Å². The molecular weight excluding hydrogens is 508 g/mol. The second kappa shape index (κ2) is 10.4. The lowest BCUT2D eigenvalue weighted by Gasteiger charge is -2.22. The van der Waals surface area contributed by atoms with Crippen LogP contribution in [-0.4, -0.2) is 18.1 Å². The van der Waals surface area contributed by atoms with Gasteiger partial charge in [0.25, 0.3) is 6.43 Å². The predicted molar refractivity (Wildman–Crippen MR) is 99.9 cm³/mol. The lowest BCUT2D eigenvalue weighted by Crippen LogP contribution is -2.22. The first-order valence-corrected chi connectivity index (χ1v) is 10.2. The van der Waals surface area contributed by atoms with E-state index in [-0.39, 0.29) is 11.8 Å². The Kier molecular flexibility index (Phi) is 8.48. The van der Waals surface area contributed by atoms with E-state index in [4.69, 9.17) is 0 Å². The number of rotatable bonds is 7. The Morgan fingerprint density at radius 3 is 1.85 bits per heavy atom. The highest BCUT2D eigenvalue weighted by Crippen LogP contribution is 2.41. The van der Waals surface area contributed by atoms with E-state index >= 15 is 0 Å². The van der Waals surface area contributed by atoms with Gasteiger partial charge >= 0.3 is 12.1 Å². The van der Waals surface area contributed by atoms with Gasteiger partial charge in [0.2, 0.25) is 5.82 Å². The third-order valence-corrected chi connectivity index (χ3v) is 5.53. The highest BCUT2D eigenvalue weighted by atomic mass is 32.2. The fourth-order valence-electron chi connectivity index (χ4n) is 3.06. The van der Waals surface area contributed by atoms with E-state index in [0.717, 1.165) is 7.11 Å². The number of nitrogens with zero attached hydrogens (tertiary/aromatic N) is 1. The van der Waals surface area contributed by atoms with E-state index in [9.17, 15) is 48.7 Å². The van der Waals surface area contributed by atoms with E-state index in [1.165, 1.54) is 13.8 Å². The van der Waals surface area contributed by atoms with Crippen molar-refractivity contribution in [2.45, 2.75) is 43.5 Å². The van der Waals surface area contributed by atoms with Crippen LogP contribution in [-0.2, 0) is 23.1 Å². The molecule has 0 bridgehead atoms. The average molecular weight is 523 g/mol. The summed E-state index contributed by atoms with van der Waals surface area (Å²) in [6.45, 7) is 2.97. The number of carbonyl (C=O) groups excluding carboxylic acids is 1. The SMILES string of the molecule is COC(=O)c1c(C(F)F)nc(C(F)(F)F)c(CSc2c(F)c(F)c(F)c(F)c2F)c1CC(C)C. The maximum atomic E-state index is 14.0. The second-order valence-electron chi connectivity index (χ2n) is 7.25. The molecule has 2 aromatic rings. The lowest BCUT2D eigenvalue weighted by molar-refractivity contribution is -0.142. The van der Waals surface area contributed by atoms with Crippen molar-refractivity contribution in [3.8, 4) is 0 Å². The summed E-state index contributed by atoms with van der Waals surface area (Å²) < 4.78 is 141. The van der Waals surface area contributed by atoms with Crippen LogP contribution in [0.2, 0.25) is 0 Å². The van der Waals surface area contributed by atoms with Crippen LogP contribution in [0.5, 0.6) is 0 Å². The van der Waals surface area contributed by atoms with Crippen molar-refractivity contribution in [2.75, 3.05) is 7.11 Å². The van der Waals surface area contributed by atoms with Gasteiger partial charge in [-0.2, -0.15) is 13.2 Å². The first kappa shape index (κ1) is 27.7. The average Bonchev–Trinajstić information content (AvgIpc) is 2.74. The minimum Gasteiger partial charge on any atom is -0.465 e. The van der Waals surface area contributed by atoms with Gasteiger partial charge in [-0.15, -0.1) is 11.8 Å². The third kappa shape index (κ3) is 5.41. The lowest BCUT2D eigenvalue weighted by atomic mass is 9.91. The summed E-state index contributed by atoms with van der Waals surface area (Å²) in [5.41, 5.74) is -5.88. The number of thioether (sulfide) groups is 1. The first-order valence-electron chi connectivity index (χ1n) is 9.26. The number of aromatic nitrogens is 1. The fraction of sp³-hybridized carbons (Fsp3) is 0.400. The Morgan fingerprint density at radius 1 is 0.941 bits per heavy atom. The summed E-state index contributed by atoms with van der Waals surface area (Å²) in [5.74, 6) is -14.7. The zero-order chi connectivity index (χ0) is 26.1. The van der Waals surface area contributed by atoms with Crippen LogP contribution in [0.25, 0.3) is 0 Å². The molecule has 14 heteroatoms. The number of pyridine rings is 1. The van der Waals surface area contributed by atoms with Crippen LogP contribution in [0.4, 0.5) is 43.9 Å². The van der Waals surface area contributed by atoms with Crippen LogP contribution in [0.1, 0.15) is 53.1 Å². The Morgan fingerprint density at radius 2 is 1.44 bits per heavy atom. The van der Waals surface area contributed by atoms with Crippen molar-refractivity contribution < 1.29 is 53.4 Å². The Labute approximate surface area is 190 Å². The van der Waals surface area contributed by atoms with Crippen molar-refractivity contribution in [3.63, 3.8) is 0 Å². The zero-order valence-corrected chi connectivity index (χ0v) is 18.3. The maximum absolute atomic E-state index is 14.0. The number of hydrogen-bond donors (Lipinski definition) is 0. The van der Waals surface area contributed by atoms with Gasteiger partial charge in [0.15, 0.2) is 23.3 Å². The van der Waals surface area contributed by atoms with Crippen LogP contribution in [0.15, 0.2) is 4.90 Å². The molecule has 0 spiro atoms. The van der Waals surface area contributed by atoms with Crippen molar-refractivity contribution in [1.82, 2.24) is 4.98 Å². The van der Waals surface area contributed by atoms with Gasteiger partial charge in [0.1, 0.15) is 11.4 Å². The van der Waals surface area contributed by atoms with E-state index < -0.39 is 98.7 Å². The molecule has 0 saturated heterocycles. The minimum absolute atomic E-state index is 0.199. The van der Waals surface area contributed by atoms with Crippen LogP contribution >= 0.6 is 11.8 Å². The zero-order valence-electron chi connectivity index (χ0n) is 17.5. The molecule has 34 heavy (non-hydrogen) atoms. The molecule has 1 heterocycles. The fourth-order valence-corrected chi connectivity index (χ4v) is 4.09.